The van der Waals surface area contributed by atoms with Gasteiger partial charge in [0.2, 0.25) is 0 Å². The van der Waals surface area contributed by atoms with Crippen LogP contribution in [-0.4, -0.2) is 58.7 Å². The van der Waals surface area contributed by atoms with Crippen molar-refractivity contribution in [3.63, 3.8) is 0 Å². The van der Waals surface area contributed by atoms with Crippen LogP contribution in [0.3, 0.4) is 0 Å². The Morgan fingerprint density at radius 3 is 2.32 bits per heavy atom. The minimum atomic E-state index is -0.602. The van der Waals surface area contributed by atoms with Crippen LogP contribution in [0.2, 0.25) is 0 Å². The Kier molecular flexibility index (Phi) is 5.96. The van der Waals surface area contributed by atoms with Gasteiger partial charge in [-0.25, -0.2) is 4.39 Å². The molecule has 1 fully saturated rings. The summed E-state index contributed by atoms with van der Waals surface area (Å²) in [4.78, 5) is 16.3. The molecule has 25 heavy (non-hydrogen) atoms. The van der Waals surface area contributed by atoms with E-state index >= 15 is 0 Å². The zero-order chi connectivity index (χ0) is 17.6. The fourth-order valence-electron chi connectivity index (χ4n) is 3.12. The van der Waals surface area contributed by atoms with Crippen molar-refractivity contribution in [2.75, 3.05) is 39.3 Å². The van der Waals surface area contributed by atoms with Crippen molar-refractivity contribution in [3.8, 4) is 0 Å². The van der Waals surface area contributed by atoms with Crippen molar-refractivity contribution in [1.82, 2.24) is 14.4 Å². The van der Waals surface area contributed by atoms with Gasteiger partial charge in [-0.05, 0) is 23.8 Å². The maximum Gasteiger partial charge on any atom is 0.250 e. The molecule has 6 heteroatoms. The number of rotatable bonds is 6. The van der Waals surface area contributed by atoms with Gasteiger partial charge in [0, 0.05) is 58.1 Å². The average molecular weight is 345 g/mol. The summed E-state index contributed by atoms with van der Waals surface area (Å²) in [5.74, 6) is -0.290. The fourth-order valence-corrected chi connectivity index (χ4v) is 3.12. The summed E-state index contributed by atoms with van der Waals surface area (Å²) in [5.41, 5.74) is 0.774. The molecule has 0 radical (unpaired) electrons. The second-order valence-electron chi connectivity index (χ2n) is 6.44. The highest BCUT2D eigenvalue weighted by Crippen LogP contribution is 2.16. The molecule has 1 saturated heterocycles. The van der Waals surface area contributed by atoms with Gasteiger partial charge in [0.1, 0.15) is 5.82 Å². The fraction of sp³-hybridized carbons (Fsp3) is 0.421. The third kappa shape index (κ3) is 4.98. The van der Waals surface area contributed by atoms with Crippen molar-refractivity contribution < 1.29 is 9.50 Å². The van der Waals surface area contributed by atoms with Crippen LogP contribution in [0.4, 0.5) is 4.39 Å². The van der Waals surface area contributed by atoms with Gasteiger partial charge >= 0.3 is 0 Å². The molecule has 1 aliphatic heterocycles. The second-order valence-corrected chi connectivity index (χ2v) is 6.44. The number of halogens is 1. The molecule has 2 heterocycles. The monoisotopic (exact) mass is 345 g/mol. The number of aliphatic hydroxyl groups excluding tert-OH is 1. The Labute approximate surface area is 146 Å². The molecule has 1 atom stereocenters. The van der Waals surface area contributed by atoms with E-state index in [-0.39, 0.29) is 11.4 Å². The lowest BCUT2D eigenvalue weighted by atomic mass is 10.1. The number of hydrogen-bond donors (Lipinski definition) is 1. The first-order valence-electron chi connectivity index (χ1n) is 8.65. The van der Waals surface area contributed by atoms with Gasteiger partial charge in [0.05, 0.1) is 6.10 Å². The van der Waals surface area contributed by atoms with Gasteiger partial charge in [-0.1, -0.05) is 18.2 Å². The highest BCUT2D eigenvalue weighted by molar-refractivity contribution is 5.18. The van der Waals surface area contributed by atoms with Crippen LogP contribution in [0.15, 0.2) is 53.5 Å². The first-order chi connectivity index (χ1) is 12.1. The van der Waals surface area contributed by atoms with Crippen molar-refractivity contribution >= 4 is 0 Å². The van der Waals surface area contributed by atoms with E-state index < -0.39 is 6.10 Å². The van der Waals surface area contributed by atoms with Gasteiger partial charge in [-0.2, -0.15) is 0 Å². The Morgan fingerprint density at radius 2 is 1.64 bits per heavy atom. The van der Waals surface area contributed by atoms with Gasteiger partial charge in [0.25, 0.3) is 5.56 Å². The quantitative estimate of drug-likeness (QED) is 0.858. The minimum absolute atomic E-state index is 0.0311. The summed E-state index contributed by atoms with van der Waals surface area (Å²) < 4.78 is 14.7. The number of piperazine rings is 1. The van der Waals surface area contributed by atoms with Crippen LogP contribution >= 0.6 is 0 Å². The van der Waals surface area contributed by atoms with E-state index in [4.69, 9.17) is 0 Å². The Bertz CT molecular complexity index is 724. The summed E-state index contributed by atoms with van der Waals surface area (Å²) in [6, 6.07) is 11.2. The number of aromatic nitrogens is 1. The zero-order valence-corrected chi connectivity index (χ0v) is 14.2. The maximum absolute atomic E-state index is 13.0. The number of β-amino-alcohol motifs (C(OH)–C–C–N with tert-alkyl or cyclic N) is 1. The minimum Gasteiger partial charge on any atom is -0.387 e. The number of nitrogens with zero attached hydrogens (tertiary/aromatic N) is 3. The molecule has 0 bridgehead atoms. The third-order valence-corrected chi connectivity index (χ3v) is 4.71. The van der Waals surface area contributed by atoms with Gasteiger partial charge in [-0.15, -0.1) is 0 Å². The number of pyridine rings is 1. The summed E-state index contributed by atoms with van der Waals surface area (Å²) in [6.45, 7) is 5.67. The smallest absolute Gasteiger partial charge is 0.250 e. The van der Waals surface area contributed by atoms with E-state index in [0.717, 1.165) is 38.3 Å². The van der Waals surface area contributed by atoms with Crippen LogP contribution in [-0.2, 0) is 6.54 Å². The van der Waals surface area contributed by atoms with Crippen LogP contribution in [0.25, 0.3) is 0 Å². The molecule has 1 aromatic heterocycles. The lowest BCUT2D eigenvalue weighted by Crippen LogP contribution is -2.48. The first-order valence-corrected chi connectivity index (χ1v) is 8.65. The molecule has 5 nitrogen and oxygen atoms in total. The van der Waals surface area contributed by atoms with Crippen LogP contribution in [0.1, 0.15) is 11.7 Å². The topological polar surface area (TPSA) is 48.7 Å². The van der Waals surface area contributed by atoms with E-state index in [0.29, 0.717) is 13.1 Å². The van der Waals surface area contributed by atoms with Crippen molar-refractivity contribution in [2.45, 2.75) is 12.6 Å². The van der Waals surface area contributed by atoms with Crippen molar-refractivity contribution in [3.05, 3.63) is 70.4 Å². The molecule has 3 rings (SSSR count). The van der Waals surface area contributed by atoms with Crippen LogP contribution in [0.5, 0.6) is 0 Å². The van der Waals surface area contributed by atoms with E-state index in [1.165, 1.54) is 12.1 Å². The van der Waals surface area contributed by atoms with E-state index in [2.05, 4.69) is 9.80 Å². The number of aliphatic hydroxyl groups is 1. The highest BCUT2D eigenvalue weighted by Gasteiger charge is 2.19. The number of hydrogen-bond acceptors (Lipinski definition) is 4. The highest BCUT2D eigenvalue weighted by atomic mass is 19.1. The lowest BCUT2D eigenvalue weighted by Gasteiger charge is -2.35. The van der Waals surface area contributed by atoms with Crippen LogP contribution in [0, 0.1) is 5.82 Å². The van der Waals surface area contributed by atoms with Crippen molar-refractivity contribution in [1.29, 1.82) is 0 Å². The van der Waals surface area contributed by atoms with Gasteiger partial charge in [0.15, 0.2) is 0 Å². The zero-order valence-electron chi connectivity index (χ0n) is 14.2. The normalized spacial score (nSPS) is 17.5. The average Bonchev–Trinajstić information content (AvgIpc) is 2.63. The molecule has 134 valence electrons. The predicted molar refractivity (Wildman–Crippen MR) is 94.9 cm³/mol. The summed E-state index contributed by atoms with van der Waals surface area (Å²) in [6.07, 6.45) is 1.22. The lowest BCUT2D eigenvalue weighted by molar-refractivity contribution is 0.0713. The second kappa shape index (κ2) is 8.38. The molecule has 1 N–H and O–H groups in total. The Hall–Kier alpha value is -2.02. The van der Waals surface area contributed by atoms with Crippen LogP contribution < -0.4 is 5.56 Å². The molecule has 0 spiro atoms. The van der Waals surface area contributed by atoms with E-state index in [1.54, 1.807) is 28.8 Å². The molecular weight excluding hydrogens is 321 g/mol. The van der Waals surface area contributed by atoms with Gasteiger partial charge < -0.3 is 9.67 Å². The summed E-state index contributed by atoms with van der Waals surface area (Å²) in [5, 5.41) is 10.3. The molecule has 0 saturated carbocycles. The van der Waals surface area contributed by atoms with Crippen molar-refractivity contribution in [2.24, 2.45) is 0 Å². The summed E-state index contributed by atoms with van der Waals surface area (Å²) in [7, 11) is 0. The molecular formula is C19H24FN3O2. The predicted octanol–water partition coefficient (Wildman–Crippen LogP) is 1.34. The largest absolute Gasteiger partial charge is 0.387 e. The molecule has 1 aromatic carbocycles. The molecule has 0 aliphatic carbocycles. The first kappa shape index (κ1) is 17.8. The molecule has 1 aliphatic rings. The Balaban J connectivity index is 1.43. The van der Waals surface area contributed by atoms with E-state index in [1.807, 2.05) is 12.3 Å². The number of benzene rings is 1. The SMILES string of the molecule is O=c1ccccn1CCN1CCN(C[C@@H](O)c2ccc(F)cc2)CC1. The maximum atomic E-state index is 13.0. The standard InChI is InChI=1S/C19H24FN3O2/c20-17-6-4-16(5-7-17)18(24)15-22-11-9-21(10-12-22)13-14-23-8-2-1-3-19(23)25/h1-8,18,24H,9-15H2/t18-/m1/s1. The Morgan fingerprint density at radius 1 is 0.960 bits per heavy atom. The molecule has 0 unspecified atom stereocenters. The van der Waals surface area contributed by atoms with E-state index in [9.17, 15) is 14.3 Å². The molecule has 2 aromatic rings. The van der Waals surface area contributed by atoms with Gasteiger partial charge in [-0.3, -0.25) is 14.6 Å². The molecule has 0 amide bonds. The summed E-state index contributed by atoms with van der Waals surface area (Å²) >= 11 is 0. The third-order valence-electron chi connectivity index (χ3n) is 4.71.